The van der Waals surface area contributed by atoms with E-state index in [0.717, 1.165) is 31.5 Å². The fraction of sp³-hybridized carbons (Fsp3) is 0.588. The molecule has 6 heteroatoms. The SMILES string of the molecule is COc1ccc(CCC(=O)N2CCCC(C(C)N)C2)cc1F.Cl. The van der Waals surface area contributed by atoms with Crippen LogP contribution in [0.3, 0.4) is 0 Å². The van der Waals surface area contributed by atoms with Crippen LogP contribution in [-0.4, -0.2) is 37.0 Å². The minimum absolute atomic E-state index is 0. The number of rotatable bonds is 5. The molecule has 23 heavy (non-hydrogen) atoms. The highest BCUT2D eigenvalue weighted by atomic mass is 35.5. The lowest BCUT2D eigenvalue weighted by molar-refractivity contribution is -0.133. The van der Waals surface area contributed by atoms with E-state index >= 15 is 0 Å². The van der Waals surface area contributed by atoms with Crippen molar-refractivity contribution in [1.82, 2.24) is 4.90 Å². The minimum Gasteiger partial charge on any atom is -0.494 e. The van der Waals surface area contributed by atoms with Gasteiger partial charge in [0, 0.05) is 25.6 Å². The number of benzene rings is 1. The van der Waals surface area contributed by atoms with Crippen molar-refractivity contribution in [3.05, 3.63) is 29.6 Å². The van der Waals surface area contributed by atoms with Crippen molar-refractivity contribution >= 4 is 18.3 Å². The number of nitrogens with zero attached hydrogens (tertiary/aromatic N) is 1. The predicted octanol–water partition coefficient (Wildman–Crippen LogP) is 2.77. The molecule has 1 saturated heterocycles. The fourth-order valence-electron chi connectivity index (χ4n) is 2.94. The van der Waals surface area contributed by atoms with Gasteiger partial charge in [-0.1, -0.05) is 6.07 Å². The summed E-state index contributed by atoms with van der Waals surface area (Å²) in [6.45, 7) is 3.55. The van der Waals surface area contributed by atoms with Gasteiger partial charge in [-0.3, -0.25) is 4.79 Å². The van der Waals surface area contributed by atoms with Crippen molar-refractivity contribution in [2.24, 2.45) is 11.7 Å². The van der Waals surface area contributed by atoms with Crippen molar-refractivity contribution in [3.63, 3.8) is 0 Å². The summed E-state index contributed by atoms with van der Waals surface area (Å²) in [4.78, 5) is 14.2. The Labute approximate surface area is 143 Å². The van der Waals surface area contributed by atoms with E-state index in [-0.39, 0.29) is 35.9 Å². The lowest BCUT2D eigenvalue weighted by Gasteiger charge is -2.34. The number of methoxy groups -OCH3 is 1. The van der Waals surface area contributed by atoms with Crippen LogP contribution in [-0.2, 0) is 11.2 Å². The van der Waals surface area contributed by atoms with Gasteiger partial charge in [0.25, 0.3) is 0 Å². The van der Waals surface area contributed by atoms with Crippen LogP contribution in [0.25, 0.3) is 0 Å². The third-order valence-corrected chi connectivity index (χ3v) is 4.40. The second-order valence-electron chi connectivity index (χ2n) is 6.07. The molecule has 0 bridgehead atoms. The highest BCUT2D eigenvalue weighted by Crippen LogP contribution is 2.21. The summed E-state index contributed by atoms with van der Waals surface area (Å²) in [5, 5.41) is 0. The van der Waals surface area contributed by atoms with Crippen LogP contribution in [0, 0.1) is 11.7 Å². The Bertz CT molecular complexity index is 525. The molecule has 2 rings (SSSR count). The maximum Gasteiger partial charge on any atom is 0.222 e. The third kappa shape index (κ3) is 5.36. The van der Waals surface area contributed by atoms with Crippen LogP contribution in [0.2, 0.25) is 0 Å². The van der Waals surface area contributed by atoms with E-state index in [9.17, 15) is 9.18 Å². The van der Waals surface area contributed by atoms with Gasteiger partial charge in [-0.25, -0.2) is 4.39 Å². The maximum absolute atomic E-state index is 13.6. The number of aryl methyl sites for hydroxylation is 1. The van der Waals surface area contributed by atoms with E-state index in [1.165, 1.54) is 13.2 Å². The van der Waals surface area contributed by atoms with Crippen molar-refractivity contribution in [1.29, 1.82) is 0 Å². The molecule has 1 aliphatic heterocycles. The van der Waals surface area contributed by atoms with Gasteiger partial charge in [0.15, 0.2) is 11.6 Å². The van der Waals surface area contributed by atoms with Gasteiger partial charge in [-0.15, -0.1) is 12.4 Å². The maximum atomic E-state index is 13.6. The lowest BCUT2D eigenvalue weighted by atomic mass is 9.92. The number of hydrogen-bond donors (Lipinski definition) is 1. The van der Waals surface area contributed by atoms with Crippen molar-refractivity contribution < 1.29 is 13.9 Å². The Hall–Kier alpha value is -1.33. The topological polar surface area (TPSA) is 55.6 Å². The smallest absolute Gasteiger partial charge is 0.222 e. The summed E-state index contributed by atoms with van der Waals surface area (Å²) in [6, 6.07) is 4.96. The van der Waals surface area contributed by atoms with E-state index in [2.05, 4.69) is 0 Å². The molecule has 4 nitrogen and oxygen atoms in total. The molecule has 2 unspecified atom stereocenters. The fourth-order valence-corrected chi connectivity index (χ4v) is 2.94. The first kappa shape index (κ1) is 19.7. The Morgan fingerprint density at radius 3 is 2.87 bits per heavy atom. The quantitative estimate of drug-likeness (QED) is 0.893. The summed E-state index contributed by atoms with van der Waals surface area (Å²) in [5.41, 5.74) is 6.76. The van der Waals surface area contributed by atoms with Crippen LogP contribution >= 0.6 is 12.4 Å². The first-order valence-electron chi connectivity index (χ1n) is 7.87. The molecule has 0 aliphatic carbocycles. The van der Waals surface area contributed by atoms with Crippen LogP contribution in [0.1, 0.15) is 31.7 Å². The molecule has 0 spiro atoms. The Morgan fingerprint density at radius 2 is 2.26 bits per heavy atom. The predicted molar refractivity (Wildman–Crippen MR) is 91.5 cm³/mol. The Kier molecular flexibility index (Phi) is 7.79. The van der Waals surface area contributed by atoms with Gasteiger partial charge >= 0.3 is 0 Å². The highest BCUT2D eigenvalue weighted by molar-refractivity contribution is 5.85. The van der Waals surface area contributed by atoms with Crippen LogP contribution in [0.15, 0.2) is 18.2 Å². The molecule has 2 N–H and O–H groups in total. The molecule has 130 valence electrons. The number of carbonyl (C=O) groups is 1. The molecule has 1 aliphatic rings. The zero-order valence-electron chi connectivity index (χ0n) is 13.8. The largest absolute Gasteiger partial charge is 0.494 e. The molecule has 0 radical (unpaired) electrons. The first-order chi connectivity index (χ1) is 10.5. The van der Waals surface area contributed by atoms with Gasteiger partial charge in [-0.05, 0) is 49.8 Å². The number of likely N-dealkylation sites (tertiary alicyclic amines) is 1. The number of nitrogens with two attached hydrogens (primary N) is 1. The summed E-state index contributed by atoms with van der Waals surface area (Å²) >= 11 is 0. The molecule has 1 fully saturated rings. The third-order valence-electron chi connectivity index (χ3n) is 4.40. The second-order valence-corrected chi connectivity index (χ2v) is 6.07. The van der Waals surface area contributed by atoms with Crippen molar-refractivity contribution in [2.75, 3.05) is 20.2 Å². The van der Waals surface area contributed by atoms with Gasteiger partial charge in [0.2, 0.25) is 5.91 Å². The van der Waals surface area contributed by atoms with E-state index in [1.807, 2.05) is 11.8 Å². The first-order valence-corrected chi connectivity index (χ1v) is 7.87. The monoisotopic (exact) mass is 344 g/mol. The Balaban J connectivity index is 0.00000264. The molecule has 1 aromatic rings. The average Bonchev–Trinajstić information content (AvgIpc) is 2.52. The van der Waals surface area contributed by atoms with E-state index in [1.54, 1.807) is 12.1 Å². The van der Waals surface area contributed by atoms with Gasteiger partial charge in [0.05, 0.1) is 7.11 Å². The number of hydrogen-bond acceptors (Lipinski definition) is 3. The standard InChI is InChI=1S/C17H25FN2O2.ClH/c1-12(19)14-4-3-9-20(11-14)17(21)8-6-13-5-7-16(22-2)15(18)10-13;/h5,7,10,12,14H,3-4,6,8-9,11,19H2,1-2H3;1H. The highest BCUT2D eigenvalue weighted by Gasteiger charge is 2.25. The summed E-state index contributed by atoms with van der Waals surface area (Å²) in [5.74, 6) is 0.353. The number of carbonyl (C=O) groups excluding carboxylic acids is 1. The molecule has 2 atom stereocenters. The Morgan fingerprint density at radius 1 is 1.52 bits per heavy atom. The zero-order valence-corrected chi connectivity index (χ0v) is 14.6. The number of piperidine rings is 1. The van der Waals surface area contributed by atoms with E-state index in [0.29, 0.717) is 18.8 Å². The van der Waals surface area contributed by atoms with Crippen LogP contribution in [0.4, 0.5) is 4.39 Å². The minimum atomic E-state index is -0.387. The number of amides is 1. The normalized spacial score (nSPS) is 19.0. The molecular weight excluding hydrogens is 319 g/mol. The molecule has 0 saturated carbocycles. The van der Waals surface area contributed by atoms with Crippen molar-refractivity contribution in [3.8, 4) is 5.75 Å². The number of halogens is 2. The summed E-state index contributed by atoms with van der Waals surface area (Å²) in [6.07, 6.45) is 3.04. The average molecular weight is 345 g/mol. The zero-order chi connectivity index (χ0) is 16.1. The van der Waals surface area contributed by atoms with Crippen LogP contribution < -0.4 is 10.5 Å². The van der Waals surface area contributed by atoms with Crippen LogP contribution in [0.5, 0.6) is 5.75 Å². The van der Waals surface area contributed by atoms with E-state index in [4.69, 9.17) is 10.5 Å². The molecule has 1 aromatic carbocycles. The lowest BCUT2D eigenvalue weighted by Crippen LogP contribution is -2.45. The summed E-state index contributed by atoms with van der Waals surface area (Å²) < 4.78 is 18.5. The molecule has 1 amide bonds. The van der Waals surface area contributed by atoms with Gasteiger partial charge in [0.1, 0.15) is 0 Å². The van der Waals surface area contributed by atoms with Crippen molar-refractivity contribution in [2.45, 2.75) is 38.6 Å². The van der Waals surface area contributed by atoms with E-state index < -0.39 is 0 Å². The molecule has 1 heterocycles. The summed E-state index contributed by atoms with van der Waals surface area (Å²) in [7, 11) is 1.44. The van der Waals surface area contributed by atoms with Gasteiger partial charge in [-0.2, -0.15) is 0 Å². The number of ether oxygens (including phenoxy) is 1. The van der Waals surface area contributed by atoms with Gasteiger partial charge < -0.3 is 15.4 Å². The second kappa shape index (κ2) is 9.08. The molecule has 0 aromatic heterocycles. The molecular formula is C17H26ClFN2O2.